The number of rotatable bonds is 3. The summed E-state index contributed by atoms with van der Waals surface area (Å²) in [6.45, 7) is 0. The summed E-state index contributed by atoms with van der Waals surface area (Å²) in [4.78, 5) is 27.1. The Kier molecular flexibility index (Phi) is 2.85. The summed E-state index contributed by atoms with van der Waals surface area (Å²) in [7, 11) is 0. The maximum absolute atomic E-state index is 10.6. The zero-order chi connectivity index (χ0) is 11.4. The van der Waals surface area contributed by atoms with Crippen LogP contribution >= 0.6 is 0 Å². The molecule has 0 atom stereocenters. The zero-order valence-corrected chi connectivity index (χ0v) is 7.21. The van der Waals surface area contributed by atoms with Gasteiger partial charge in [-0.15, -0.1) is 0 Å². The van der Waals surface area contributed by atoms with Gasteiger partial charge in [-0.3, -0.25) is 0 Å². The van der Waals surface area contributed by atoms with E-state index in [4.69, 9.17) is 15.7 Å². The summed E-state index contributed by atoms with van der Waals surface area (Å²) in [5.41, 5.74) is 5.47. The van der Waals surface area contributed by atoms with Gasteiger partial charge in [0.15, 0.2) is 22.2 Å². The van der Waals surface area contributed by atoms with E-state index in [-0.39, 0.29) is 5.69 Å². The van der Waals surface area contributed by atoms with E-state index in [0.29, 0.717) is 0 Å². The Bertz CT molecular complexity index is 415. The van der Waals surface area contributed by atoms with Crippen molar-refractivity contribution in [3.8, 4) is 0 Å². The average Bonchev–Trinajstić information content (AvgIpc) is 2.17. The quantitative estimate of drug-likeness (QED) is 0.495. The van der Waals surface area contributed by atoms with Crippen LogP contribution in [0.4, 0.5) is 5.69 Å². The molecule has 0 saturated heterocycles. The molecule has 0 aliphatic carbocycles. The van der Waals surface area contributed by atoms with E-state index in [0.717, 1.165) is 12.1 Å². The van der Waals surface area contributed by atoms with Gasteiger partial charge in [-0.05, 0) is 0 Å². The molecule has 0 bridgehead atoms. The molecule has 1 rings (SSSR count). The molecule has 8 heteroatoms. The highest BCUT2D eigenvalue weighted by Gasteiger charge is 2.14. The normalized spacial score (nSPS) is 9.07. The first-order chi connectivity index (χ1) is 7.04. The number of carboxylic acids is 2. The van der Waals surface area contributed by atoms with E-state index >= 15 is 0 Å². The van der Waals surface area contributed by atoms with Gasteiger partial charge in [0, 0.05) is 12.1 Å². The van der Waals surface area contributed by atoms with Crippen LogP contribution in [0.1, 0.15) is 21.0 Å². The Morgan fingerprint density at radius 3 is 2.07 bits per heavy atom. The van der Waals surface area contributed by atoms with Crippen molar-refractivity contribution in [1.82, 2.24) is 9.90 Å². The molecule has 0 aromatic carbocycles. The number of nitrogens with one attached hydrogen (secondary N) is 1. The number of aromatic carboxylic acids is 2. The monoisotopic (exact) mass is 209 g/mol. The van der Waals surface area contributed by atoms with Crippen molar-refractivity contribution in [1.29, 1.82) is 5.53 Å². The Morgan fingerprint density at radius 1 is 1.27 bits per heavy atom. The Morgan fingerprint density at radius 2 is 1.73 bits per heavy atom. The van der Waals surface area contributed by atoms with Crippen LogP contribution in [0.15, 0.2) is 17.2 Å². The predicted molar refractivity (Wildman–Crippen MR) is 45.1 cm³/mol. The highest BCUT2D eigenvalue weighted by atomic mass is 16.4. The van der Waals surface area contributed by atoms with Gasteiger partial charge in [-0.2, -0.15) is 0 Å². The first-order valence-corrected chi connectivity index (χ1v) is 3.60. The minimum absolute atomic E-state index is 0.0465. The summed E-state index contributed by atoms with van der Waals surface area (Å²) < 4.78 is 0. The lowest BCUT2D eigenvalue weighted by molar-refractivity contribution is 0.0685. The largest absolute Gasteiger partial charge is 0.477 e. The van der Waals surface area contributed by atoms with Gasteiger partial charge < -0.3 is 10.2 Å². The fraction of sp³-hybridized carbons (Fsp3) is 0. The van der Waals surface area contributed by atoms with Crippen molar-refractivity contribution in [3.63, 3.8) is 0 Å². The fourth-order valence-corrected chi connectivity index (χ4v) is 0.851. The first kappa shape index (κ1) is 10.5. The summed E-state index contributed by atoms with van der Waals surface area (Å²) in [6, 6.07) is 2.04. The van der Waals surface area contributed by atoms with E-state index in [1.165, 1.54) is 0 Å². The second-order valence-corrected chi connectivity index (χ2v) is 2.41. The van der Waals surface area contributed by atoms with Crippen molar-refractivity contribution >= 4 is 17.6 Å². The van der Waals surface area contributed by atoms with Gasteiger partial charge in [0.05, 0.1) is 0 Å². The number of carbonyl (C=O) groups is 2. The molecule has 1 aromatic heterocycles. The van der Waals surface area contributed by atoms with Gasteiger partial charge in [0.2, 0.25) is 4.91 Å². The maximum Gasteiger partial charge on any atom is 0.354 e. The highest BCUT2D eigenvalue weighted by Crippen LogP contribution is 2.14. The minimum Gasteiger partial charge on any atom is -0.477 e. The minimum atomic E-state index is -1.38. The SMILES string of the molecule is N=[N+]=Nc1cc(C(=O)O)nc(C(=O)O)c1. The summed E-state index contributed by atoms with van der Waals surface area (Å²) >= 11 is 0. The standard InChI is InChI=1S/C7H4N4O4/c8-11-10-3-1-4(6(12)13)9-5(2-3)7(14)15/h1-2,8H,(H-,12,13,14,15)/p+1. The van der Waals surface area contributed by atoms with Gasteiger partial charge >= 0.3 is 11.9 Å². The van der Waals surface area contributed by atoms with E-state index < -0.39 is 23.3 Å². The third kappa shape index (κ3) is 2.42. The number of carboxylic acid groups (broad SMARTS) is 2. The number of nitrogens with zero attached hydrogens (tertiary/aromatic N) is 3. The maximum atomic E-state index is 10.6. The van der Waals surface area contributed by atoms with Gasteiger partial charge in [-0.25, -0.2) is 14.6 Å². The molecule has 0 spiro atoms. The van der Waals surface area contributed by atoms with E-state index in [2.05, 4.69) is 15.0 Å². The van der Waals surface area contributed by atoms with Crippen LogP contribution in [0.3, 0.4) is 0 Å². The second kappa shape index (κ2) is 4.07. The van der Waals surface area contributed by atoms with Crippen LogP contribution in [0.5, 0.6) is 0 Å². The van der Waals surface area contributed by atoms with Crippen LogP contribution in [-0.4, -0.2) is 27.1 Å². The third-order valence-electron chi connectivity index (χ3n) is 1.41. The summed E-state index contributed by atoms with van der Waals surface area (Å²) in [6.07, 6.45) is 0. The molecule has 0 amide bonds. The lowest BCUT2D eigenvalue weighted by atomic mass is 10.2. The summed E-state index contributed by atoms with van der Waals surface area (Å²) in [5, 5.41) is 20.4. The lowest BCUT2D eigenvalue weighted by Crippen LogP contribution is -2.06. The van der Waals surface area contributed by atoms with Gasteiger partial charge in [0.1, 0.15) is 5.53 Å². The molecule has 0 aliphatic heterocycles. The van der Waals surface area contributed by atoms with Crippen LogP contribution in [0.25, 0.3) is 0 Å². The van der Waals surface area contributed by atoms with Crippen molar-refractivity contribution in [2.24, 2.45) is 5.11 Å². The molecule has 0 radical (unpaired) electrons. The van der Waals surface area contributed by atoms with Crippen molar-refractivity contribution < 1.29 is 19.8 Å². The smallest absolute Gasteiger partial charge is 0.354 e. The molecule has 15 heavy (non-hydrogen) atoms. The molecule has 0 unspecified atom stereocenters. The van der Waals surface area contributed by atoms with Crippen molar-refractivity contribution in [2.75, 3.05) is 0 Å². The van der Waals surface area contributed by atoms with E-state index in [9.17, 15) is 9.59 Å². The van der Waals surface area contributed by atoms with E-state index in [1.54, 1.807) is 0 Å². The fourth-order valence-electron chi connectivity index (χ4n) is 0.851. The number of hydrogen-bond acceptors (Lipinski definition) is 5. The Labute approximate surface area is 82.4 Å². The molecule has 0 fully saturated rings. The molecule has 8 nitrogen and oxygen atoms in total. The van der Waals surface area contributed by atoms with Crippen molar-refractivity contribution in [2.45, 2.75) is 0 Å². The first-order valence-electron chi connectivity index (χ1n) is 3.60. The predicted octanol–water partition coefficient (Wildman–Crippen LogP) is 0.660. The third-order valence-corrected chi connectivity index (χ3v) is 1.41. The number of hydrogen-bond donors (Lipinski definition) is 3. The van der Waals surface area contributed by atoms with Gasteiger partial charge in [-0.1, -0.05) is 0 Å². The van der Waals surface area contributed by atoms with Crippen LogP contribution in [0.2, 0.25) is 0 Å². The molecule has 1 heterocycles. The molecular weight excluding hydrogens is 204 g/mol. The number of pyridine rings is 1. The second-order valence-electron chi connectivity index (χ2n) is 2.41. The molecular formula is C7H5N4O4+. The summed E-state index contributed by atoms with van der Waals surface area (Å²) in [5.74, 6) is -2.75. The van der Waals surface area contributed by atoms with Crippen LogP contribution < -0.4 is 4.91 Å². The average molecular weight is 209 g/mol. The van der Waals surface area contributed by atoms with Crippen molar-refractivity contribution in [3.05, 3.63) is 23.5 Å². The lowest BCUT2D eigenvalue weighted by Gasteiger charge is -1.96. The Balaban J connectivity index is 3.38. The highest BCUT2D eigenvalue weighted by molar-refractivity contribution is 5.91. The van der Waals surface area contributed by atoms with Crippen LogP contribution in [0, 0.1) is 5.53 Å². The number of aromatic nitrogens is 1. The van der Waals surface area contributed by atoms with E-state index in [1.807, 2.05) is 0 Å². The molecule has 0 saturated carbocycles. The molecule has 1 aromatic rings. The van der Waals surface area contributed by atoms with Gasteiger partial charge in [0.25, 0.3) is 0 Å². The van der Waals surface area contributed by atoms with Crippen LogP contribution in [-0.2, 0) is 0 Å². The topological polar surface area (TPSA) is 138 Å². The zero-order valence-electron chi connectivity index (χ0n) is 7.21. The molecule has 3 N–H and O–H groups in total. The molecule has 76 valence electrons. The molecule has 0 aliphatic rings. The Hall–Kier alpha value is -2.60.